The summed E-state index contributed by atoms with van der Waals surface area (Å²) in [5.74, 6) is 0.0970. The minimum absolute atomic E-state index is 0.0627. The van der Waals surface area contributed by atoms with Crippen LogP contribution in [0.1, 0.15) is 43.1 Å². The predicted molar refractivity (Wildman–Crippen MR) is 99.6 cm³/mol. The average Bonchev–Trinajstić information content (AvgIpc) is 2.60. The molecule has 1 aliphatic heterocycles. The van der Waals surface area contributed by atoms with E-state index in [1.54, 1.807) is 0 Å². The van der Waals surface area contributed by atoms with Crippen molar-refractivity contribution in [3.63, 3.8) is 0 Å². The zero-order valence-corrected chi connectivity index (χ0v) is 16.4. The number of carbonyl (C=O) groups is 2. The van der Waals surface area contributed by atoms with Crippen LogP contribution in [0, 0.1) is 19.8 Å². The lowest BCUT2D eigenvalue weighted by atomic mass is 9.96. The molecule has 1 aromatic heterocycles. The normalized spacial score (nSPS) is 17.4. The van der Waals surface area contributed by atoms with E-state index in [1.807, 2.05) is 31.9 Å². The molecule has 0 radical (unpaired) electrons. The molecule has 0 aliphatic carbocycles. The Morgan fingerprint density at radius 2 is 1.96 bits per heavy atom. The molecule has 0 bridgehead atoms. The first-order chi connectivity index (χ1) is 12.0. The van der Waals surface area contributed by atoms with Gasteiger partial charge in [-0.3, -0.25) is 9.59 Å². The van der Waals surface area contributed by atoms with Gasteiger partial charge >= 0.3 is 0 Å². The number of carbonyl (C=O) groups excluding carboxylic acids is 2. The second-order valence-corrected chi connectivity index (χ2v) is 7.21. The van der Waals surface area contributed by atoms with E-state index in [9.17, 15) is 9.59 Å². The Bertz CT molecular complexity index is 612. The zero-order valence-electron chi connectivity index (χ0n) is 15.6. The highest BCUT2D eigenvalue weighted by atomic mass is 32.2. The second-order valence-electron chi connectivity index (χ2n) is 6.43. The van der Waals surface area contributed by atoms with Crippen LogP contribution in [0.3, 0.4) is 0 Å². The first kappa shape index (κ1) is 19.7. The van der Waals surface area contributed by atoms with E-state index in [1.165, 1.54) is 11.8 Å². The van der Waals surface area contributed by atoms with Gasteiger partial charge in [-0.2, -0.15) is 0 Å². The topological polar surface area (TPSA) is 75.2 Å². The van der Waals surface area contributed by atoms with Gasteiger partial charge in [0.05, 0.1) is 5.92 Å². The Morgan fingerprint density at radius 3 is 2.56 bits per heavy atom. The molecule has 25 heavy (non-hydrogen) atoms. The van der Waals surface area contributed by atoms with Crippen LogP contribution in [0.2, 0.25) is 0 Å². The molecule has 1 unspecified atom stereocenters. The summed E-state index contributed by atoms with van der Waals surface area (Å²) in [5.41, 5.74) is 2.95. The number of likely N-dealkylation sites (tertiary alicyclic amines) is 1. The van der Waals surface area contributed by atoms with Gasteiger partial charge in [-0.25, -0.2) is 9.97 Å². The van der Waals surface area contributed by atoms with Gasteiger partial charge < -0.3 is 10.2 Å². The lowest BCUT2D eigenvalue weighted by Crippen LogP contribution is -2.45. The minimum atomic E-state index is -0.0784. The molecule has 2 amide bonds. The van der Waals surface area contributed by atoms with E-state index in [0.29, 0.717) is 25.9 Å². The van der Waals surface area contributed by atoms with Crippen molar-refractivity contribution in [2.45, 2.75) is 51.6 Å². The van der Waals surface area contributed by atoms with Gasteiger partial charge in [0.1, 0.15) is 0 Å². The van der Waals surface area contributed by atoms with Gasteiger partial charge in [0.2, 0.25) is 11.8 Å². The van der Waals surface area contributed by atoms with Gasteiger partial charge in [-0.05, 0) is 51.9 Å². The third-order valence-electron chi connectivity index (χ3n) is 4.67. The van der Waals surface area contributed by atoms with E-state index >= 15 is 0 Å². The number of hydrogen-bond acceptors (Lipinski definition) is 5. The standard InChI is InChI=1S/C18H28N4O2S/c1-5-19-17(24)14-7-6-10-22(11-14)16(23)9-8-15-12(2)20-18(25-4)21-13(15)3/h14H,5-11H2,1-4H3,(H,19,24). The fourth-order valence-electron chi connectivity index (χ4n) is 3.29. The first-order valence-corrected chi connectivity index (χ1v) is 10.1. The Morgan fingerprint density at radius 1 is 1.28 bits per heavy atom. The summed E-state index contributed by atoms with van der Waals surface area (Å²) in [6, 6.07) is 0. The van der Waals surface area contributed by atoms with Crippen LogP contribution >= 0.6 is 11.8 Å². The van der Waals surface area contributed by atoms with E-state index in [-0.39, 0.29) is 17.7 Å². The van der Waals surface area contributed by atoms with E-state index in [0.717, 1.165) is 41.5 Å². The summed E-state index contributed by atoms with van der Waals surface area (Å²) >= 11 is 1.52. The molecule has 1 fully saturated rings. The molecule has 6 nitrogen and oxygen atoms in total. The van der Waals surface area contributed by atoms with Gasteiger partial charge in [-0.1, -0.05) is 11.8 Å². The maximum absolute atomic E-state index is 12.6. The Hall–Kier alpha value is -1.63. The molecule has 1 aromatic rings. The number of aromatic nitrogens is 2. The first-order valence-electron chi connectivity index (χ1n) is 8.89. The van der Waals surface area contributed by atoms with Crippen LogP contribution < -0.4 is 5.32 Å². The average molecular weight is 365 g/mol. The number of thioether (sulfide) groups is 1. The monoisotopic (exact) mass is 364 g/mol. The fourth-order valence-corrected chi connectivity index (χ4v) is 3.74. The van der Waals surface area contributed by atoms with E-state index in [4.69, 9.17) is 0 Å². The number of aryl methyl sites for hydroxylation is 2. The molecule has 1 saturated heterocycles. The number of piperidine rings is 1. The molecule has 0 spiro atoms. The van der Waals surface area contributed by atoms with Crippen molar-refractivity contribution < 1.29 is 9.59 Å². The highest BCUT2D eigenvalue weighted by Crippen LogP contribution is 2.20. The number of nitrogens with zero attached hydrogens (tertiary/aromatic N) is 3. The maximum Gasteiger partial charge on any atom is 0.224 e. The summed E-state index contributed by atoms with van der Waals surface area (Å²) in [6.07, 6.45) is 4.78. The van der Waals surface area contributed by atoms with E-state index < -0.39 is 0 Å². The predicted octanol–water partition coefficient (Wildman–Crippen LogP) is 2.12. The molecule has 1 N–H and O–H groups in total. The summed E-state index contributed by atoms with van der Waals surface area (Å²) < 4.78 is 0. The number of amides is 2. The zero-order chi connectivity index (χ0) is 18.4. The molecule has 138 valence electrons. The largest absolute Gasteiger partial charge is 0.356 e. The SMILES string of the molecule is CCNC(=O)C1CCCN(C(=O)CCc2c(C)nc(SC)nc2C)C1. The Kier molecular flexibility index (Phi) is 7.23. The van der Waals surface area contributed by atoms with E-state index in [2.05, 4.69) is 15.3 Å². The summed E-state index contributed by atoms with van der Waals surface area (Å²) in [7, 11) is 0. The molecule has 1 atom stereocenters. The van der Waals surface area contributed by atoms with Crippen molar-refractivity contribution in [3.8, 4) is 0 Å². The quantitative estimate of drug-likeness (QED) is 0.618. The van der Waals surface area contributed by atoms with Gasteiger partial charge in [0, 0.05) is 37.4 Å². The third-order valence-corrected chi connectivity index (χ3v) is 5.22. The van der Waals surface area contributed by atoms with Crippen LogP contribution in [0.15, 0.2) is 5.16 Å². The van der Waals surface area contributed by atoms with Gasteiger partial charge in [-0.15, -0.1) is 0 Å². The number of rotatable bonds is 6. The Labute approximate surface area is 154 Å². The van der Waals surface area contributed by atoms with Crippen molar-refractivity contribution >= 4 is 23.6 Å². The molecular formula is C18H28N4O2S. The van der Waals surface area contributed by atoms with Crippen LogP contribution in [0.5, 0.6) is 0 Å². The maximum atomic E-state index is 12.6. The molecule has 1 aliphatic rings. The van der Waals surface area contributed by atoms with Crippen molar-refractivity contribution in [1.82, 2.24) is 20.2 Å². The van der Waals surface area contributed by atoms with Crippen LogP contribution in [0.25, 0.3) is 0 Å². The summed E-state index contributed by atoms with van der Waals surface area (Å²) in [5, 5.41) is 3.63. The summed E-state index contributed by atoms with van der Waals surface area (Å²) in [6.45, 7) is 7.77. The summed E-state index contributed by atoms with van der Waals surface area (Å²) in [4.78, 5) is 35.4. The molecule has 0 saturated carbocycles. The van der Waals surface area contributed by atoms with Gasteiger partial charge in [0.15, 0.2) is 5.16 Å². The fraction of sp³-hybridized carbons (Fsp3) is 0.667. The van der Waals surface area contributed by atoms with Crippen LogP contribution in [0.4, 0.5) is 0 Å². The van der Waals surface area contributed by atoms with Crippen molar-refractivity contribution in [1.29, 1.82) is 0 Å². The Balaban J connectivity index is 1.95. The smallest absolute Gasteiger partial charge is 0.224 e. The minimum Gasteiger partial charge on any atom is -0.356 e. The number of nitrogens with one attached hydrogen (secondary N) is 1. The molecular weight excluding hydrogens is 336 g/mol. The second kappa shape index (κ2) is 9.17. The number of hydrogen-bond donors (Lipinski definition) is 1. The molecule has 2 rings (SSSR count). The van der Waals surface area contributed by atoms with Crippen LogP contribution in [-0.4, -0.2) is 52.6 Å². The highest BCUT2D eigenvalue weighted by molar-refractivity contribution is 7.98. The van der Waals surface area contributed by atoms with Gasteiger partial charge in [0.25, 0.3) is 0 Å². The third kappa shape index (κ3) is 5.17. The van der Waals surface area contributed by atoms with Crippen LogP contribution in [-0.2, 0) is 16.0 Å². The molecule has 7 heteroatoms. The van der Waals surface area contributed by atoms with Crippen molar-refractivity contribution in [3.05, 3.63) is 17.0 Å². The highest BCUT2D eigenvalue weighted by Gasteiger charge is 2.28. The molecule has 0 aromatic carbocycles. The molecule has 2 heterocycles. The lowest BCUT2D eigenvalue weighted by molar-refractivity contribution is -0.135. The van der Waals surface area contributed by atoms with Crippen molar-refractivity contribution in [2.75, 3.05) is 25.9 Å². The van der Waals surface area contributed by atoms with Crippen molar-refractivity contribution in [2.24, 2.45) is 5.92 Å². The lowest BCUT2D eigenvalue weighted by Gasteiger charge is -2.32.